The lowest BCUT2D eigenvalue weighted by Crippen LogP contribution is -2.15. The maximum atomic E-state index is 4.60. The fourth-order valence-electron chi connectivity index (χ4n) is 1.16. The number of aromatic nitrogens is 2. The van der Waals surface area contributed by atoms with Crippen LogP contribution < -0.4 is 0 Å². The zero-order valence-corrected chi connectivity index (χ0v) is 9.31. The Bertz CT molecular complexity index is 271. The van der Waals surface area contributed by atoms with Gasteiger partial charge in [0.1, 0.15) is 5.82 Å². The molecule has 13 heavy (non-hydrogen) atoms. The molecule has 0 bridgehead atoms. The second kappa shape index (κ2) is 3.52. The highest BCUT2D eigenvalue weighted by Gasteiger charge is 2.21. The van der Waals surface area contributed by atoms with Crippen LogP contribution in [0, 0.1) is 0 Å². The summed E-state index contributed by atoms with van der Waals surface area (Å²) in [7, 11) is 0. The summed E-state index contributed by atoms with van der Waals surface area (Å²) in [4.78, 5) is 7.83. The van der Waals surface area contributed by atoms with Crippen LogP contribution >= 0.6 is 0 Å². The summed E-state index contributed by atoms with van der Waals surface area (Å²) in [5.41, 5.74) is 1.38. The van der Waals surface area contributed by atoms with Gasteiger partial charge in [-0.25, -0.2) is 4.98 Å². The van der Waals surface area contributed by atoms with Crippen LogP contribution in [-0.2, 0) is 5.41 Å². The molecule has 0 saturated heterocycles. The molecular weight excluding hydrogens is 160 g/mol. The lowest BCUT2D eigenvalue weighted by molar-refractivity contribution is 0.491. The molecule has 74 valence electrons. The van der Waals surface area contributed by atoms with E-state index in [0.717, 1.165) is 12.2 Å². The van der Waals surface area contributed by atoms with Crippen molar-refractivity contribution in [1.29, 1.82) is 0 Å². The van der Waals surface area contributed by atoms with E-state index >= 15 is 0 Å². The van der Waals surface area contributed by atoms with E-state index in [4.69, 9.17) is 0 Å². The molecule has 2 nitrogen and oxygen atoms in total. The summed E-state index contributed by atoms with van der Waals surface area (Å²) in [5.74, 6) is 1.58. The zero-order chi connectivity index (χ0) is 10.1. The molecule has 0 saturated carbocycles. The molecule has 1 aromatic heterocycles. The molecule has 0 aliphatic rings. The van der Waals surface area contributed by atoms with Gasteiger partial charge >= 0.3 is 0 Å². The van der Waals surface area contributed by atoms with Crippen molar-refractivity contribution in [3.05, 3.63) is 17.7 Å². The largest absolute Gasteiger partial charge is 0.348 e. The van der Waals surface area contributed by atoms with Crippen LogP contribution in [0.25, 0.3) is 0 Å². The minimum absolute atomic E-state index is 0.198. The molecule has 0 fully saturated rings. The fraction of sp³-hybridized carbons (Fsp3) is 0.727. The first-order valence-electron chi connectivity index (χ1n) is 5.03. The van der Waals surface area contributed by atoms with E-state index in [2.05, 4.69) is 44.6 Å². The van der Waals surface area contributed by atoms with Gasteiger partial charge in [0.15, 0.2) is 0 Å². The number of H-pyrrole nitrogens is 1. The van der Waals surface area contributed by atoms with Gasteiger partial charge in [0.25, 0.3) is 0 Å². The van der Waals surface area contributed by atoms with Crippen molar-refractivity contribution in [2.45, 2.75) is 52.4 Å². The third kappa shape index (κ3) is 2.11. The first-order chi connectivity index (χ1) is 5.97. The number of nitrogens with zero attached hydrogens (tertiary/aromatic N) is 1. The van der Waals surface area contributed by atoms with E-state index in [1.165, 1.54) is 5.69 Å². The summed E-state index contributed by atoms with van der Waals surface area (Å²) in [6, 6.07) is 0. The highest BCUT2D eigenvalue weighted by atomic mass is 14.9. The Kier molecular flexibility index (Phi) is 2.79. The predicted molar refractivity (Wildman–Crippen MR) is 56.0 cm³/mol. The Morgan fingerprint density at radius 2 is 2.08 bits per heavy atom. The van der Waals surface area contributed by atoms with Gasteiger partial charge in [-0.3, -0.25) is 0 Å². The lowest BCUT2D eigenvalue weighted by atomic mass is 9.87. The Balaban J connectivity index is 2.91. The van der Waals surface area contributed by atoms with Gasteiger partial charge in [-0.2, -0.15) is 0 Å². The minimum Gasteiger partial charge on any atom is -0.348 e. The van der Waals surface area contributed by atoms with Crippen LogP contribution in [0.15, 0.2) is 6.20 Å². The normalized spacial score (nSPS) is 12.5. The van der Waals surface area contributed by atoms with Crippen LogP contribution in [0.4, 0.5) is 0 Å². The van der Waals surface area contributed by atoms with Gasteiger partial charge in [-0.05, 0) is 6.42 Å². The molecule has 1 aromatic rings. The molecule has 2 heteroatoms. The second-order valence-electron chi connectivity index (χ2n) is 4.56. The molecular formula is C11H20N2. The van der Waals surface area contributed by atoms with Crippen molar-refractivity contribution >= 4 is 0 Å². The summed E-state index contributed by atoms with van der Waals surface area (Å²) >= 11 is 0. The first kappa shape index (κ1) is 10.3. The van der Waals surface area contributed by atoms with E-state index in [1.54, 1.807) is 0 Å². The molecule has 0 aromatic carbocycles. The summed E-state index contributed by atoms with van der Waals surface area (Å²) in [5, 5.41) is 0. The topological polar surface area (TPSA) is 28.7 Å². The van der Waals surface area contributed by atoms with Gasteiger partial charge in [0.2, 0.25) is 0 Å². The van der Waals surface area contributed by atoms with Crippen LogP contribution in [-0.4, -0.2) is 9.97 Å². The molecule has 0 aliphatic heterocycles. The maximum Gasteiger partial charge on any atom is 0.108 e. The SMILES string of the molecule is CCC(C)(C)c1c[nH]c(C(C)C)n1. The van der Waals surface area contributed by atoms with E-state index in [1.807, 2.05) is 6.20 Å². The van der Waals surface area contributed by atoms with E-state index in [-0.39, 0.29) is 5.41 Å². The third-order valence-electron chi connectivity index (χ3n) is 2.72. The Hall–Kier alpha value is -0.790. The smallest absolute Gasteiger partial charge is 0.108 e. The number of aromatic amines is 1. The molecule has 0 unspecified atom stereocenters. The van der Waals surface area contributed by atoms with E-state index in [9.17, 15) is 0 Å². The molecule has 0 aliphatic carbocycles. The Labute approximate surface area is 80.8 Å². The van der Waals surface area contributed by atoms with Crippen LogP contribution in [0.3, 0.4) is 0 Å². The van der Waals surface area contributed by atoms with E-state index < -0.39 is 0 Å². The average Bonchev–Trinajstić information content (AvgIpc) is 2.52. The van der Waals surface area contributed by atoms with Crippen molar-refractivity contribution in [2.24, 2.45) is 0 Å². The molecule has 1 N–H and O–H groups in total. The summed E-state index contributed by atoms with van der Waals surface area (Å²) < 4.78 is 0. The molecule has 0 radical (unpaired) electrons. The summed E-state index contributed by atoms with van der Waals surface area (Å²) in [6.45, 7) is 11.0. The first-order valence-corrected chi connectivity index (χ1v) is 5.03. The highest BCUT2D eigenvalue weighted by Crippen LogP contribution is 2.25. The Morgan fingerprint density at radius 3 is 2.46 bits per heavy atom. The van der Waals surface area contributed by atoms with Crippen LogP contribution in [0.5, 0.6) is 0 Å². The van der Waals surface area contributed by atoms with Gasteiger partial charge in [0.05, 0.1) is 5.69 Å². The molecule has 0 spiro atoms. The average molecular weight is 180 g/mol. The predicted octanol–water partition coefficient (Wildman–Crippen LogP) is 3.22. The monoisotopic (exact) mass is 180 g/mol. The van der Waals surface area contributed by atoms with Crippen molar-refractivity contribution in [3.8, 4) is 0 Å². The molecule has 0 amide bonds. The number of hydrogen-bond acceptors (Lipinski definition) is 1. The highest BCUT2D eigenvalue weighted by molar-refractivity contribution is 5.13. The van der Waals surface area contributed by atoms with Crippen molar-refractivity contribution in [1.82, 2.24) is 9.97 Å². The molecule has 0 atom stereocenters. The van der Waals surface area contributed by atoms with Gasteiger partial charge < -0.3 is 4.98 Å². The standard InChI is InChI=1S/C11H20N2/c1-6-11(4,5)9-7-12-10(13-9)8(2)3/h7-8H,6H2,1-5H3,(H,12,13). The summed E-state index contributed by atoms with van der Waals surface area (Å²) in [6.07, 6.45) is 3.16. The molecule has 1 heterocycles. The van der Waals surface area contributed by atoms with Crippen molar-refractivity contribution < 1.29 is 0 Å². The quantitative estimate of drug-likeness (QED) is 0.760. The number of nitrogens with one attached hydrogen (secondary N) is 1. The second-order valence-corrected chi connectivity index (χ2v) is 4.56. The van der Waals surface area contributed by atoms with Crippen molar-refractivity contribution in [2.75, 3.05) is 0 Å². The number of hydrogen-bond donors (Lipinski definition) is 1. The maximum absolute atomic E-state index is 4.60. The van der Waals surface area contributed by atoms with Crippen LogP contribution in [0.2, 0.25) is 0 Å². The Morgan fingerprint density at radius 1 is 1.46 bits per heavy atom. The fourth-order valence-corrected chi connectivity index (χ4v) is 1.16. The number of rotatable bonds is 3. The van der Waals surface area contributed by atoms with Crippen LogP contribution in [0.1, 0.15) is 58.5 Å². The third-order valence-corrected chi connectivity index (χ3v) is 2.72. The minimum atomic E-state index is 0.198. The lowest BCUT2D eigenvalue weighted by Gasteiger charge is -2.19. The number of imidazole rings is 1. The molecule has 1 rings (SSSR count). The van der Waals surface area contributed by atoms with Crippen molar-refractivity contribution in [3.63, 3.8) is 0 Å². The van der Waals surface area contributed by atoms with Gasteiger partial charge in [0, 0.05) is 17.5 Å². The zero-order valence-electron chi connectivity index (χ0n) is 9.31. The van der Waals surface area contributed by atoms with E-state index in [0.29, 0.717) is 5.92 Å². The van der Waals surface area contributed by atoms with Gasteiger partial charge in [-0.1, -0.05) is 34.6 Å². The van der Waals surface area contributed by atoms with Gasteiger partial charge in [-0.15, -0.1) is 0 Å².